The molecule has 0 aliphatic carbocycles. The molecule has 1 atom stereocenters. The van der Waals surface area contributed by atoms with Crippen LogP contribution in [0.4, 0.5) is 24.5 Å². The number of hydrogen-bond acceptors (Lipinski definition) is 5. The van der Waals surface area contributed by atoms with E-state index in [0.29, 0.717) is 12.2 Å². The van der Waals surface area contributed by atoms with Gasteiger partial charge in [0.15, 0.2) is 5.69 Å². The number of aryl methyl sites for hydroxylation is 3. The molecule has 172 valence electrons. The molecular weight excluding hydrogens is 429 g/mol. The van der Waals surface area contributed by atoms with E-state index in [2.05, 4.69) is 25.9 Å². The molecule has 1 unspecified atom stereocenters. The Balaban J connectivity index is 1.84. The molecule has 0 radical (unpaired) electrons. The van der Waals surface area contributed by atoms with Crippen LogP contribution < -0.4 is 10.6 Å². The molecule has 32 heavy (non-hydrogen) atoms. The van der Waals surface area contributed by atoms with Crippen molar-refractivity contribution in [2.45, 2.75) is 46.5 Å². The summed E-state index contributed by atoms with van der Waals surface area (Å²) in [5.74, 6) is -1.16. The first-order valence-corrected chi connectivity index (χ1v) is 9.74. The number of carbonyl (C=O) groups is 2. The molecule has 2 N–H and O–H groups in total. The van der Waals surface area contributed by atoms with Crippen LogP contribution in [0.5, 0.6) is 0 Å². The van der Waals surface area contributed by atoms with E-state index in [1.807, 2.05) is 0 Å². The summed E-state index contributed by atoms with van der Waals surface area (Å²) in [6.45, 7) is 6.76. The lowest BCUT2D eigenvalue weighted by molar-refractivity contribution is -0.141. The van der Waals surface area contributed by atoms with Crippen molar-refractivity contribution >= 4 is 23.2 Å². The lowest BCUT2D eigenvalue weighted by Crippen LogP contribution is -2.27. The van der Waals surface area contributed by atoms with Crippen molar-refractivity contribution in [1.29, 1.82) is 0 Å². The smallest absolute Gasteiger partial charge is 0.321 e. The molecule has 10 nitrogen and oxygen atoms in total. The normalized spacial score (nSPS) is 12.6. The van der Waals surface area contributed by atoms with Crippen LogP contribution in [0.1, 0.15) is 47.5 Å². The Morgan fingerprint density at radius 2 is 1.78 bits per heavy atom. The number of aromatic nitrogens is 6. The Labute approximate surface area is 181 Å². The van der Waals surface area contributed by atoms with Gasteiger partial charge >= 0.3 is 6.18 Å². The predicted octanol–water partition coefficient (Wildman–Crippen LogP) is 2.92. The number of nitrogens with zero attached hydrogens (tertiary/aromatic N) is 6. The molecule has 13 heteroatoms. The number of hydrogen-bond donors (Lipinski definition) is 2. The lowest BCUT2D eigenvalue weighted by atomic mass is 10.2. The highest BCUT2D eigenvalue weighted by molar-refractivity contribution is 6.09. The van der Waals surface area contributed by atoms with Gasteiger partial charge in [-0.1, -0.05) is 0 Å². The van der Waals surface area contributed by atoms with Gasteiger partial charge in [0.1, 0.15) is 11.7 Å². The van der Waals surface area contributed by atoms with E-state index in [9.17, 15) is 22.8 Å². The van der Waals surface area contributed by atoms with Crippen LogP contribution in [-0.4, -0.2) is 41.2 Å². The van der Waals surface area contributed by atoms with Crippen molar-refractivity contribution < 1.29 is 22.8 Å². The minimum Gasteiger partial charge on any atom is -0.321 e. The third kappa shape index (κ3) is 4.36. The fourth-order valence-electron chi connectivity index (χ4n) is 3.13. The zero-order valence-electron chi connectivity index (χ0n) is 18.2. The largest absolute Gasteiger partial charge is 0.435 e. The average molecular weight is 452 g/mol. The second-order valence-electron chi connectivity index (χ2n) is 7.22. The highest BCUT2D eigenvalue weighted by atomic mass is 19.4. The number of amides is 2. The highest BCUT2D eigenvalue weighted by Gasteiger charge is 2.35. The van der Waals surface area contributed by atoms with Crippen LogP contribution in [0, 0.1) is 13.8 Å². The molecule has 3 aromatic rings. The van der Waals surface area contributed by atoms with Gasteiger partial charge in [0.2, 0.25) is 5.91 Å². The Morgan fingerprint density at radius 1 is 1.12 bits per heavy atom. The number of anilines is 2. The fourth-order valence-corrected chi connectivity index (χ4v) is 3.13. The molecule has 0 spiro atoms. The second-order valence-corrected chi connectivity index (χ2v) is 7.22. The molecular formula is C19H23F3N8O2. The Hall–Kier alpha value is -3.64. The first-order valence-electron chi connectivity index (χ1n) is 9.74. The highest BCUT2D eigenvalue weighted by Crippen LogP contribution is 2.29. The SMILES string of the molecule is CCn1ncc(NC(=O)C(C)n2nc(C(F)(F)F)cc2C)c1C(=O)Nc1cnn(C)c1C. The number of alkyl halides is 3. The molecule has 0 fully saturated rings. The lowest BCUT2D eigenvalue weighted by Gasteiger charge is -2.15. The molecule has 2 amide bonds. The minimum absolute atomic E-state index is 0.101. The summed E-state index contributed by atoms with van der Waals surface area (Å²) in [5, 5.41) is 17.0. The molecule has 3 heterocycles. The zero-order chi connectivity index (χ0) is 23.8. The standard InChI is InChI=1S/C19H23F3N8O2/c1-6-29-16(18(32)25-13-8-23-28(5)11(13)3)14(9-24-29)26-17(31)12(4)30-10(2)7-15(27-30)19(20,21)22/h7-9,12H,6H2,1-5H3,(H,25,32)(H,26,31). The average Bonchev–Trinajstić information content (AvgIpc) is 3.40. The predicted molar refractivity (Wildman–Crippen MR) is 109 cm³/mol. The second kappa shape index (κ2) is 8.48. The van der Waals surface area contributed by atoms with Gasteiger partial charge in [-0.3, -0.25) is 23.6 Å². The van der Waals surface area contributed by atoms with E-state index in [0.717, 1.165) is 16.4 Å². The van der Waals surface area contributed by atoms with Crippen LogP contribution in [0.25, 0.3) is 0 Å². The number of rotatable bonds is 6. The Morgan fingerprint density at radius 3 is 2.31 bits per heavy atom. The summed E-state index contributed by atoms with van der Waals surface area (Å²) in [5.41, 5.74) is 0.552. The molecule has 0 aliphatic rings. The van der Waals surface area contributed by atoms with Gasteiger partial charge in [0.05, 0.1) is 29.5 Å². The summed E-state index contributed by atoms with van der Waals surface area (Å²) in [6.07, 6.45) is -1.81. The van der Waals surface area contributed by atoms with Gasteiger partial charge < -0.3 is 10.6 Å². The van der Waals surface area contributed by atoms with Crippen LogP contribution >= 0.6 is 0 Å². The first-order chi connectivity index (χ1) is 14.9. The van der Waals surface area contributed by atoms with E-state index in [1.165, 1.54) is 30.9 Å². The zero-order valence-corrected chi connectivity index (χ0v) is 18.2. The summed E-state index contributed by atoms with van der Waals surface area (Å²) >= 11 is 0. The van der Waals surface area contributed by atoms with Crippen LogP contribution in [0.2, 0.25) is 0 Å². The molecule has 3 rings (SSSR count). The number of nitrogens with one attached hydrogen (secondary N) is 2. The van der Waals surface area contributed by atoms with Crippen molar-refractivity contribution in [3.8, 4) is 0 Å². The van der Waals surface area contributed by atoms with Crippen molar-refractivity contribution in [2.75, 3.05) is 10.6 Å². The summed E-state index contributed by atoms with van der Waals surface area (Å²) in [6, 6.07) is -0.193. The molecule has 0 saturated carbocycles. The first kappa shape index (κ1) is 23.0. The third-order valence-corrected chi connectivity index (χ3v) is 5.05. The fraction of sp³-hybridized carbons (Fsp3) is 0.421. The van der Waals surface area contributed by atoms with Crippen LogP contribution in [0.3, 0.4) is 0 Å². The van der Waals surface area contributed by atoms with Crippen molar-refractivity contribution in [3.63, 3.8) is 0 Å². The molecule has 0 bridgehead atoms. The molecule has 0 aliphatic heterocycles. The Bertz CT molecular complexity index is 1160. The minimum atomic E-state index is -4.62. The van der Waals surface area contributed by atoms with E-state index >= 15 is 0 Å². The monoisotopic (exact) mass is 452 g/mol. The number of halogens is 3. The molecule has 0 aromatic carbocycles. The summed E-state index contributed by atoms with van der Waals surface area (Å²) in [7, 11) is 1.73. The van der Waals surface area contributed by atoms with Crippen LogP contribution in [0.15, 0.2) is 18.5 Å². The number of carbonyl (C=O) groups excluding carboxylic acids is 2. The van der Waals surface area contributed by atoms with Crippen molar-refractivity contribution in [1.82, 2.24) is 29.3 Å². The van der Waals surface area contributed by atoms with Crippen LogP contribution in [-0.2, 0) is 24.6 Å². The molecule has 3 aromatic heterocycles. The maximum Gasteiger partial charge on any atom is 0.435 e. The van der Waals surface area contributed by atoms with Crippen molar-refractivity contribution in [3.05, 3.63) is 41.2 Å². The van der Waals surface area contributed by atoms with Gasteiger partial charge in [-0.15, -0.1) is 0 Å². The van der Waals surface area contributed by atoms with E-state index in [-0.39, 0.29) is 17.1 Å². The van der Waals surface area contributed by atoms with Gasteiger partial charge in [-0.05, 0) is 33.8 Å². The van der Waals surface area contributed by atoms with Gasteiger partial charge in [0.25, 0.3) is 5.91 Å². The van der Waals surface area contributed by atoms with E-state index in [1.54, 1.807) is 25.6 Å². The van der Waals surface area contributed by atoms with E-state index in [4.69, 9.17) is 0 Å². The molecule has 0 saturated heterocycles. The van der Waals surface area contributed by atoms with Gasteiger partial charge in [-0.25, -0.2) is 0 Å². The third-order valence-electron chi connectivity index (χ3n) is 5.05. The maximum atomic E-state index is 12.9. The quantitative estimate of drug-likeness (QED) is 0.597. The van der Waals surface area contributed by atoms with Gasteiger partial charge in [0, 0.05) is 19.3 Å². The van der Waals surface area contributed by atoms with Crippen molar-refractivity contribution in [2.24, 2.45) is 7.05 Å². The summed E-state index contributed by atoms with van der Waals surface area (Å²) in [4.78, 5) is 25.7. The Kier molecular flexibility index (Phi) is 6.10. The van der Waals surface area contributed by atoms with Gasteiger partial charge in [-0.2, -0.15) is 28.5 Å². The summed E-state index contributed by atoms with van der Waals surface area (Å²) < 4.78 is 42.8. The van der Waals surface area contributed by atoms with E-state index < -0.39 is 29.7 Å². The maximum absolute atomic E-state index is 12.9. The topological polar surface area (TPSA) is 112 Å².